The Labute approximate surface area is 124 Å². The first-order chi connectivity index (χ1) is 9.79. The summed E-state index contributed by atoms with van der Waals surface area (Å²) in [6.45, 7) is 5.28. The van der Waals surface area contributed by atoms with Crippen molar-refractivity contribution >= 4 is 5.91 Å². The fourth-order valence-corrected chi connectivity index (χ4v) is 3.84. The molecule has 0 bridgehead atoms. The molecule has 1 heterocycles. The maximum atomic E-state index is 12.4. The van der Waals surface area contributed by atoms with Crippen molar-refractivity contribution in [2.45, 2.75) is 64.7 Å². The van der Waals surface area contributed by atoms with E-state index in [4.69, 9.17) is 0 Å². The molecular weight excluding hydrogens is 248 g/mol. The van der Waals surface area contributed by atoms with Crippen LogP contribution in [0, 0.1) is 17.8 Å². The van der Waals surface area contributed by atoms with Crippen molar-refractivity contribution < 1.29 is 4.79 Å². The average Bonchev–Trinajstić information content (AvgIpc) is 2.98. The van der Waals surface area contributed by atoms with E-state index in [9.17, 15) is 4.79 Å². The second-order valence-corrected chi connectivity index (χ2v) is 6.83. The molecule has 3 heteroatoms. The predicted octanol–water partition coefficient (Wildman–Crippen LogP) is 3.10. The normalized spacial score (nSPS) is 25.6. The Morgan fingerprint density at radius 1 is 1.20 bits per heavy atom. The van der Waals surface area contributed by atoms with E-state index in [0.29, 0.717) is 11.8 Å². The topological polar surface area (TPSA) is 41.1 Å². The van der Waals surface area contributed by atoms with Gasteiger partial charge in [-0.15, -0.1) is 0 Å². The fourth-order valence-electron chi connectivity index (χ4n) is 3.84. The van der Waals surface area contributed by atoms with Crippen LogP contribution in [0.15, 0.2) is 0 Å². The van der Waals surface area contributed by atoms with Gasteiger partial charge in [0.15, 0.2) is 0 Å². The molecule has 1 amide bonds. The summed E-state index contributed by atoms with van der Waals surface area (Å²) in [6.07, 6.45) is 11.3. The standard InChI is InChI=1S/C17H32N2O/c1-2-6-16(11-14-7-3-4-8-14)17(20)19-13-15-9-5-10-18-12-15/h14-16,18H,2-13H2,1H3,(H,19,20). The van der Waals surface area contributed by atoms with E-state index in [1.165, 1.54) is 38.5 Å². The molecule has 2 rings (SSSR count). The zero-order chi connectivity index (χ0) is 14.2. The van der Waals surface area contributed by atoms with Gasteiger partial charge in [-0.05, 0) is 50.6 Å². The Bertz CT molecular complexity index is 281. The molecule has 1 aliphatic carbocycles. The van der Waals surface area contributed by atoms with Crippen LogP contribution in [0.4, 0.5) is 0 Å². The minimum absolute atomic E-state index is 0.264. The molecule has 2 atom stereocenters. The van der Waals surface area contributed by atoms with Crippen molar-refractivity contribution in [1.29, 1.82) is 0 Å². The van der Waals surface area contributed by atoms with Crippen molar-refractivity contribution in [2.75, 3.05) is 19.6 Å². The minimum atomic E-state index is 0.264. The van der Waals surface area contributed by atoms with E-state index < -0.39 is 0 Å². The zero-order valence-corrected chi connectivity index (χ0v) is 13.1. The second kappa shape index (κ2) is 8.66. The predicted molar refractivity (Wildman–Crippen MR) is 83.6 cm³/mol. The monoisotopic (exact) mass is 280 g/mol. The van der Waals surface area contributed by atoms with Gasteiger partial charge in [-0.3, -0.25) is 4.79 Å². The molecule has 0 spiro atoms. The van der Waals surface area contributed by atoms with E-state index >= 15 is 0 Å². The lowest BCUT2D eigenvalue weighted by Crippen LogP contribution is -2.40. The quantitative estimate of drug-likeness (QED) is 0.752. The second-order valence-electron chi connectivity index (χ2n) is 6.83. The first-order valence-electron chi connectivity index (χ1n) is 8.78. The molecule has 0 aromatic rings. The van der Waals surface area contributed by atoms with Crippen molar-refractivity contribution in [3.63, 3.8) is 0 Å². The molecule has 0 aromatic carbocycles. The summed E-state index contributed by atoms with van der Waals surface area (Å²) < 4.78 is 0. The molecule has 1 aliphatic heterocycles. The van der Waals surface area contributed by atoms with E-state index in [2.05, 4.69) is 17.6 Å². The van der Waals surface area contributed by atoms with E-state index in [0.717, 1.165) is 44.8 Å². The number of rotatable bonds is 7. The van der Waals surface area contributed by atoms with Gasteiger partial charge in [0.2, 0.25) is 5.91 Å². The summed E-state index contributed by atoms with van der Waals surface area (Å²) >= 11 is 0. The van der Waals surface area contributed by atoms with Gasteiger partial charge in [0.05, 0.1) is 0 Å². The summed E-state index contributed by atoms with van der Waals surface area (Å²) in [5.74, 6) is 2.04. The third kappa shape index (κ3) is 5.08. The van der Waals surface area contributed by atoms with Crippen LogP contribution < -0.4 is 10.6 Å². The maximum Gasteiger partial charge on any atom is 0.223 e. The lowest BCUT2D eigenvalue weighted by molar-refractivity contribution is -0.126. The number of carbonyl (C=O) groups excluding carboxylic acids is 1. The van der Waals surface area contributed by atoms with Gasteiger partial charge < -0.3 is 10.6 Å². The third-order valence-electron chi connectivity index (χ3n) is 5.06. The lowest BCUT2D eigenvalue weighted by Gasteiger charge is -2.25. The molecule has 116 valence electrons. The van der Waals surface area contributed by atoms with Gasteiger partial charge in [-0.1, -0.05) is 39.0 Å². The maximum absolute atomic E-state index is 12.4. The van der Waals surface area contributed by atoms with Crippen LogP contribution >= 0.6 is 0 Å². The van der Waals surface area contributed by atoms with Crippen molar-refractivity contribution in [1.82, 2.24) is 10.6 Å². The molecule has 2 N–H and O–H groups in total. The Hall–Kier alpha value is -0.570. The summed E-state index contributed by atoms with van der Waals surface area (Å²) in [4.78, 5) is 12.4. The van der Waals surface area contributed by atoms with Gasteiger partial charge in [-0.25, -0.2) is 0 Å². The van der Waals surface area contributed by atoms with Crippen LogP contribution in [0.3, 0.4) is 0 Å². The molecule has 0 aromatic heterocycles. The van der Waals surface area contributed by atoms with Gasteiger partial charge in [0.1, 0.15) is 0 Å². The molecule has 20 heavy (non-hydrogen) atoms. The Morgan fingerprint density at radius 2 is 1.95 bits per heavy atom. The summed E-state index contributed by atoms with van der Waals surface area (Å²) in [7, 11) is 0. The highest BCUT2D eigenvalue weighted by Gasteiger charge is 2.25. The number of nitrogens with one attached hydrogen (secondary N) is 2. The molecule has 3 nitrogen and oxygen atoms in total. The first-order valence-corrected chi connectivity index (χ1v) is 8.78. The smallest absolute Gasteiger partial charge is 0.223 e. The highest BCUT2D eigenvalue weighted by atomic mass is 16.1. The molecule has 1 saturated heterocycles. The van der Waals surface area contributed by atoms with Gasteiger partial charge >= 0.3 is 0 Å². The molecular formula is C17H32N2O. The van der Waals surface area contributed by atoms with Crippen LogP contribution in [-0.4, -0.2) is 25.5 Å². The molecule has 1 saturated carbocycles. The Morgan fingerprint density at radius 3 is 2.60 bits per heavy atom. The van der Waals surface area contributed by atoms with E-state index in [1.807, 2.05) is 0 Å². The molecule has 0 radical (unpaired) electrons. The third-order valence-corrected chi connectivity index (χ3v) is 5.06. The van der Waals surface area contributed by atoms with Crippen LogP contribution in [-0.2, 0) is 4.79 Å². The van der Waals surface area contributed by atoms with Crippen molar-refractivity contribution in [2.24, 2.45) is 17.8 Å². The Kier molecular flexibility index (Phi) is 6.85. The van der Waals surface area contributed by atoms with Gasteiger partial charge in [0.25, 0.3) is 0 Å². The SMILES string of the molecule is CCCC(CC1CCCC1)C(=O)NCC1CCCNC1. The molecule has 2 unspecified atom stereocenters. The number of amides is 1. The first kappa shape index (κ1) is 15.8. The molecule has 2 aliphatic rings. The lowest BCUT2D eigenvalue weighted by atomic mass is 9.89. The number of carbonyl (C=O) groups is 1. The van der Waals surface area contributed by atoms with Crippen molar-refractivity contribution in [3.8, 4) is 0 Å². The van der Waals surface area contributed by atoms with Gasteiger partial charge in [-0.2, -0.15) is 0 Å². The number of hydrogen-bond donors (Lipinski definition) is 2. The zero-order valence-electron chi connectivity index (χ0n) is 13.1. The highest BCUT2D eigenvalue weighted by molar-refractivity contribution is 5.78. The van der Waals surface area contributed by atoms with E-state index in [1.54, 1.807) is 0 Å². The van der Waals surface area contributed by atoms with Crippen LogP contribution in [0.5, 0.6) is 0 Å². The minimum Gasteiger partial charge on any atom is -0.356 e. The largest absolute Gasteiger partial charge is 0.356 e. The van der Waals surface area contributed by atoms with Gasteiger partial charge in [0, 0.05) is 12.5 Å². The highest BCUT2D eigenvalue weighted by Crippen LogP contribution is 2.31. The number of hydrogen-bond acceptors (Lipinski definition) is 2. The fraction of sp³-hybridized carbons (Fsp3) is 0.941. The summed E-state index contributed by atoms with van der Waals surface area (Å²) in [5, 5.41) is 6.65. The van der Waals surface area contributed by atoms with Crippen LogP contribution in [0.1, 0.15) is 64.7 Å². The summed E-state index contributed by atoms with van der Waals surface area (Å²) in [6, 6.07) is 0. The van der Waals surface area contributed by atoms with E-state index in [-0.39, 0.29) is 5.92 Å². The van der Waals surface area contributed by atoms with Crippen LogP contribution in [0.25, 0.3) is 0 Å². The van der Waals surface area contributed by atoms with Crippen LogP contribution in [0.2, 0.25) is 0 Å². The molecule has 2 fully saturated rings. The van der Waals surface area contributed by atoms with Crippen molar-refractivity contribution in [3.05, 3.63) is 0 Å². The average molecular weight is 280 g/mol. The Balaban J connectivity index is 1.73. The number of piperidine rings is 1. The summed E-state index contributed by atoms with van der Waals surface area (Å²) in [5.41, 5.74) is 0.